The second-order valence-corrected chi connectivity index (χ2v) is 9.86. The summed E-state index contributed by atoms with van der Waals surface area (Å²) in [7, 11) is 0. The van der Waals surface area contributed by atoms with E-state index in [9.17, 15) is 4.79 Å². The van der Waals surface area contributed by atoms with Gasteiger partial charge in [0.15, 0.2) is 0 Å². The summed E-state index contributed by atoms with van der Waals surface area (Å²) in [6.07, 6.45) is 6.82. The first-order valence-corrected chi connectivity index (χ1v) is 10.7. The maximum Gasteiger partial charge on any atom is 0.335 e. The summed E-state index contributed by atoms with van der Waals surface area (Å²) in [5.41, 5.74) is 8.75. The Hall–Kier alpha value is -2.35. The first-order chi connectivity index (χ1) is 13.5. The maximum atomic E-state index is 11.1. The molecule has 0 saturated carbocycles. The maximum absolute atomic E-state index is 11.1. The molecular weight excluding hydrogens is 356 g/mol. The molecule has 154 valence electrons. The number of hydrogen-bond donors (Lipinski definition) is 1. The second kappa shape index (κ2) is 7.82. The molecule has 0 unspecified atom stereocenters. The van der Waals surface area contributed by atoms with Crippen molar-refractivity contribution in [3.05, 3.63) is 69.8 Å². The third-order valence-electron chi connectivity index (χ3n) is 6.35. The van der Waals surface area contributed by atoms with Gasteiger partial charge in [-0.05, 0) is 82.5 Å². The predicted molar refractivity (Wildman–Crippen MR) is 123 cm³/mol. The Labute approximate surface area is 175 Å². The fourth-order valence-electron chi connectivity index (χ4n) is 5.05. The van der Waals surface area contributed by atoms with Crippen LogP contribution in [0, 0.1) is 0 Å². The van der Waals surface area contributed by atoms with E-state index < -0.39 is 5.97 Å². The monoisotopic (exact) mass is 390 g/mol. The molecule has 2 heteroatoms. The number of fused-ring (bicyclic) bond motifs is 1. The van der Waals surface area contributed by atoms with E-state index in [1.54, 1.807) is 12.1 Å². The number of allylic oxidation sites excluding steroid dienone is 1. The van der Waals surface area contributed by atoms with Crippen molar-refractivity contribution >= 4 is 17.6 Å². The summed E-state index contributed by atoms with van der Waals surface area (Å²) in [5.74, 6) is -0.887. The zero-order chi connectivity index (χ0) is 21.4. The van der Waals surface area contributed by atoms with E-state index in [0.29, 0.717) is 5.56 Å². The van der Waals surface area contributed by atoms with Crippen LogP contribution in [0.25, 0.3) is 11.6 Å². The number of carboxylic acid groups (broad SMARTS) is 1. The molecule has 2 aromatic rings. The van der Waals surface area contributed by atoms with E-state index in [1.165, 1.54) is 47.1 Å². The van der Waals surface area contributed by atoms with Crippen LogP contribution in [0.4, 0.5) is 0 Å². The number of unbranched alkanes of at least 4 members (excludes halogenated alkanes) is 1. The zero-order valence-corrected chi connectivity index (χ0v) is 18.7. The molecule has 29 heavy (non-hydrogen) atoms. The molecule has 1 N–H and O–H groups in total. The molecule has 2 nitrogen and oxygen atoms in total. The highest BCUT2D eigenvalue weighted by molar-refractivity contribution is 5.88. The Morgan fingerprint density at radius 1 is 1.03 bits per heavy atom. The van der Waals surface area contributed by atoms with E-state index in [4.69, 9.17) is 5.11 Å². The number of benzene rings is 2. The fourth-order valence-corrected chi connectivity index (χ4v) is 5.05. The van der Waals surface area contributed by atoms with Crippen LogP contribution in [0.2, 0.25) is 0 Å². The molecule has 1 aliphatic rings. The van der Waals surface area contributed by atoms with Crippen LogP contribution < -0.4 is 0 Å². The van der Waals surface area contributed by atoms with Gasteiger partial charge in [-0.2, -0.15) is 0 Å². The minimum absolute atomic E-state index is 0.181. The predicted octanol–water partition coefficient (Wildman–Crippen LogP) is 7.25. The van der Waals surface area contributed by atoms with E-state index in [-0.39, 0.29) is 10.8 Å². The van der Waals surface area contributed by atoms with Crippen molar-refractivity contribution in [3.63, 3.8) is 0 Å². The van der Waals surface area contributed by atoms with E-state index >= 15 is 0 Å². The molecule has 0 heterocycles. The summed E-state index contributed by atoms with van der Waals surface area (Å²) in [6.45, 7) is 13.9. The molecule has 0 atom stereocenters. The number of hydrogen-bond acceptors (Lipinski definition) is 1. The molecule has 0 radical (unpaired) electrons. The van der Waals surface area contributed by atoms with Crippen LogP contribution >= 0.6 is 0 Å². The van der Waals surface area contributed by atoms with Gasteiger partial charge in [-0.3, -0.25) is 0 Å². The SMILES string of the molecule is CCCCc1cc2c(cc1C(C)=Cc1ccc(C(=O)O)cc1)C(C)(C)CC2(C)C. The van der Waals surface area contributed by atoms with Gasteiger partial charge in [-0.1, -0.05) is 71.4 Å². The average molecular weight is 391 g/mol. The van der Waals surface area contributed by atoms with Crippen LogP contribution in [0.3, 0.4) is 0 Å². The number of carboxylic acids is 1. The smallest absolute Gasteiger partial charge is 0.335 e. The van der Waals surface area contributed by atoms with Crippen molar-refractivity contribution < 1.29 is 9.90 Å². The molecule has 0 amide bonds. The lowest BCUT2D eigenvalue weighted by Crippen LogP contribution is -2.18. The lowest BCUT2D eigenvalue weighted by atomic mass is 9.82. The molecule has 2 aromatic carbocycles. The normalized spacial score (nSPS) is 17.2. The molecule has 0 aliphatic heterocycles. The first kappa shape index (κ1) is 21.4. The van der Waals surface area contributed by atoms with Gasteiger partial charge in [-0.15, -0.1) is 0 Å². The Morgan fingerprint density at radius 3 is 2.17 bits per heavy atom. The van der Waals surface area contributed by atoms with Crippen LogP contribution in [0.15, 0.2) is 36.4 Å². The van der Waals surface area contributed by atoms with Crippen LogP contribution in [0.1, 0.15) is 99.0 Å². The Kier molecular flexibility index (Phi) is 5.76. The van der Waals surface area contributed by atoms with Gasteiger partial charge < -0.3 is 5.11 Å². The second-order valence-electron chi connectivity index (χ2n) is 9.86. The molecule has 0 spiro atoms. The third kappa shape index (κ3) is 4.32. The topological polar surface area (TPSA) is 37.3 Å². The molecule has 3 rings (SSSR count). The van der Waals surface area contributed by atoms with Gasteiger partial charge >= 0.3 is 5.97 Å². The third-order valence-corrected chi connectivity index (χ3v) is 6.35. The standard InChI is InChI=1S/C27H34O2/c1-7-8-9-21-15-23-24(27(5,6)17-26(23,3)4)16-22(21)18(2)14-19-10-12-20(13-11-19)25(28)29/h10-16H,7-9,17H2,1-6H3,(H,28,29). The summed E-state index contributed by atoms with van der Waals surface area (Å²) >= 11 is 0. The van der Waals surface area contributed by atoms with Gasteiger partial charge in [0.1, 0.15) is 0 Å². The highest BCUT2D eigenvalue weighted by Crippen LogP contribution is 2.50. The largest absolute Gasteiger partial charge is 0.478 e. The minimum Gasteiger partial charge on any atom is -0.478 e. The molecule has 0 fully saturated rings. The lowest BCUT2D eigenvalue weighted by molar-refractivity contribution is 0.0697. The van der Waals surface area contributed by atoms with Crippen LogP contribution in [0.5, 0.6) is 0 Å². The Bertz CT molecular complexity index is 943. The summed E-state index contributed by atoms with van der Waals surface area (Å²) in [4.78, 5) is 11.1. The van der Waals surface area contributed by atoms with E-state index in [2.05, 4.69) is 59.8 Å². The molecule has 0 aromatic heterocycles. The van der Waals surface area contributed by atoms with Crippen LogP contribution in [-0.4, -0.2) is 11.1 Å². The number of rotatable bonds is 6. The summed E-state index contributed by atoms with van der Waals surface area (Å²) in [6, 6.07) is 12.0. The zero-order valence-electron chi connectivity index (χ0n) is 18.7. The highest BCUT2D eigenvalue weighted by atomic mass is 16.4. The van der Waals surface area contributed by atoms with Crippen molar-refractivity contribution in [2.24, 2.45) is 0 Å². The number of aromatic carboxylic acids is 1. The van der Waals surface area contributed by atoms with E-state index in [0.717, 1.165) is 12.0 Å². The molecule has 0 saturated heterocycles. The van der Waals surface area contributed by atoms with Gasteiger partial charge in [0.05, 0.1) is 5.56 Å². The van der Waals surface area contributed by atoms with Gasteiger partial charge in [0.25, 0.3) is 0 Å². The van der Waals surface area contributed by atoms with Crippen molar-refractivity contribution in [1.29, 1.82) is 0 Å². The summed E-state index contributed by atoms with van der Waals surface area (Å²) < 4.78 is 0. The van der Waals surface area contributed by atoms with Crippen molar-refractivity contribution in [1.82, 2.24) is 0 Å². The van der Waals surface area contributed by atoms with Crippen molar-refractivity contribution in [2.75, 3.05) is 0 Å². The number of carbonyl (C=O) groups is 1. The van der Waals surface area contributed by atoms with Gasteiger partial charge in [0.2, 0.25) is 0 Å². The minimum atomic E-state index is -0.887. The quantitative estimate of drug-likeness (QED) is 0.528. The lowest BCUT2D eigenvalue weighted by Gasteiger charge is -2.22. The Balaban J connectivity index is 2.08. The molecule has 1 aliphatic carbocycles. The van der Waals surface area contributed by atoms with Gasteiger partial charge in [0, 0.05) is 0 Å². The average Bonchev–Trinajstić information content (AvgIpc) is 2.83. The highest BCUT2D eigenvalue weighted by Gasteiger charge is 2.42. The summed E-state index contributed by atoms with van der Waals surface area (Å²) in [5, 5.41) is 9.12. The first-order valence-electron chi connectivity index (χ1n) is 10.7. The molecular formula is C27H34O2. The van der Waals surface area contributed by atoms with E-state index in [1.807, 2.05) is 12.1 Å². The van der Waals surface area contributed by atoms with Crippen molar-refractivity contribution in [2.45, 2.75) is 78.1 Å². The molecule has 0 bridgehead atoms. The fraction of sp³-hybridized carbons (Fsp3) is 0.444. The number of aryl methyl sites for hydroxylation is 1. The van der Waals surface area contributed by atoms with Crippen molar-refractivity contribution in [3.8, 4) is 0 Å². The van der Waals surface area contributed by atoms with Crippen LogP contribution in [-0.2, 0) is 17.3 Å². The Morgan fingerprint density at radius 2 is 1.62 bits per heavy atom. The van der Waals surface area contributed by atoms with Gasteiger partial charge in [-0.25, -0.2) is 4.79 Å².